The Morgan fingerprint density at radius 1 is 1.46 bits per heavy atom. The Balaban J connectivity index is 2.53. The fourth-order valence-corrected chi connectivity index (χ4v) is 1.75. The second-order valence-corrected chi connectivity index (χ2v) is 3.62. The summed E-state index contributed by atoms with van der Waals surface area (Å²) in [4.78, 5) is 0. The normalized spacial score (nSPS) is 19.5. The first-order chi connectivity index (χ1) is 6.29. The van der Waals surface area contributed by atoms with Crippen molar-refractivity contribution >= 4 is 0 Å². The number of aliphatic hydroxyl groups excluding tert-OH is 1. The lowest BCUT2D eigenvalue weighted by Crippen LogP contribution is -2.24. The van der Waals surface area contributed by atoms with Crippen molar-refractivity contribution in [2.75, 3.05) is 6.61 Å². The second kappa shape index (κ2) is 5.28. The molecule has 0 aliphatic carbocycles. The van der Waals surface area contributed by atoms with Gasteiger partial charge < -0.3 is 9.84 Å². The summed E-state index contributed by atoms with van der Waals surface area (Å²) in [6.07, 6.45) is 5.81. The van der Waals surface area contributed by atoms with Crippen molar-refractivity contribution in [3.63, 3.8) is 0 Å². The Bertz CT molecular complexity index is 171. The number of hydrogen-bond acceptors (Lipinski definition) is 2. The van der Waals surface area contributed by atoms with Crippen LogP contribution in [0.1, 0.15) is 39.5 Å². The van der Waals surface area contributed by atoms with Crippen LogP contribution in [0.3, 0.4) is 0 Å². The van der Waals surface area contributed by atoms with Gasteiger partial charge in [-0.2, -0.15) is 0 Å². The van der Waals surface area contributed by atoms with E-state index < -0.39 is 0 Å². The third-order valence-electron chi connectivity index (χ3n) is 2.75. The summed E-state index contributed by atoms with van der Waals surface area (Å²) in [7, 11) is 0. The predicted octanol–water partition coefficient (Wildman–Crippen LogP) is 2.48. The third kappa shape index (κ3) is 2.73. The molecule has 2 heteroatoms. The molecule has 0 fully saturated rings. The molecule has 0 bridgehead atoms. The van der Waals surface area contributed by atoms with E-state index in [1.807, 2.05) is 6.08 Å². The average Bonchev–Trinajstić information content (AvgIpc) is 2.21. The van der Waals surface area contributed by atoms with Gasteiger partial charge in [0.1, 0.15) is 11.9 Å². The Labute approximate surface area is 80.6 Å². The van der Waals surface area contributed by atoms with Crippen LogP contribution in [0, 0.1) is 5.92 Å². The molecule has 1 unspecified atom stereocenters. The van der Waals surface area contributed by atoms with Gasteiger partial charge in [-0.15, -0.1) is 0 Å². The van der Waals surface area contributed by atoms with Gasteiger partial charge in [-0.3, -0.25) is 0 Å². The van der Waals surface area contributed by atoms with Crippen LogP contribution in [-0.2, 0) is 4.74 Å². The van der Waals surface area contributed by atoms with E-state index in [0.717, 1.165) is 38.0 Å². The topological polar surface area (TPSA) is 29.5 Å². The zero-order valence-electron chi connectivity index (χ0n) is 8.62. The van der Waals surface area contributed by atoms with Crippen LogP contribution in [0.25, 0.3) is 0 Å². The van der Waals surface area contributed by atoms with Gasteiger partial charge in [0, 0.05) is 0 Å². The number of aliphatic hydroxyl groups is 1. The van der Waals surface area contributed by atoms with Gasteiger partial charge in [0.2, 0.25) is 0 Å². The SMILES string of the molecule is CCC(CC)C(O)C1=CCCCO1. The molecule has 76 valence electrons. The van der Waals surface area contributed by atoms with Crippen LogP contribution < -0.4 is 0 Å². The maximum Gasteiger partial charge on any atom is 0.121 e. The number of hydrogen-bond donors (Lipinski definition) is 1. The van der Waals surface area contributed by atoms with Gasteiger partial charge in [0.15, 0.2) is 0 Å². The van der Waals surface area contributed by atoms with Crippen molar-refractivity contribution in [1.82, 2.24) is 0 Å². The largest absolute Gasteiger partial charge is 0.495 e. The molecule has 1 aliphatic heterocycles. The van der Waals surface area contributed by atoms with Crippen molar-refractivity contribution in [1.29, 1.82) is 0 Å². The highest BCUT2D eigenvalue weighted by atomic mass is 16.5. The number of ether oxygens (including phenoxy) is 1. The summed E-state index contributed by atoms with van der Waals surface area (Å²) in [5.41, 5.74) is 0. The molecule has 1 rings (SSSR count). The standard InChI is InChI=1S/C11H20O2/c1-3-9(4-2)11(12)10-7-5-6-8-13-10/h7,9,11-12H,3-6,8H2,1-2H3. The van der Waals surface area contributed by atoms with Crippen molar-refractivity contribution in [3.8, 4) is 0 Å². The molecule has 0 saturated carbocycles. The lowest BCUT2D eigenvalue weighted by molar-refractivity contribution is 0.0523. The minimum atomic E-state index is -0.379. The van der Waals surface area contributed by atoms with E-state index in [-0.39, 0.29) is 6.10 Å². The molecule has 1 aliphatic rings. The lowest BCUT2D eigenvalue weighted by atomic mass is 9.94. The highest BCUT2D eigenvalue weighted by molar-refractivity contribution is 5.03. The molecular weight excluding hydrogens is 164 g/mol. The number of allylic oxidation sites excluding steroid dienone is 1. The minimum Gasteiger partial charge on any atom is -0.495 e. The fraction of sp³-hybridized carbons (Fsp3) is 0.818. The maximum atomic E-state index is 9.94. The van der Waals surface area contributed by atoms with Crippen LogP contribution >= 0.6 is 0 Å². The van der Waals surface area contributed by atoms with E-state index >= 15 is 0 Å². The van der Waals surface area contributed by atoms with Crippen LogP contribution in [0.2, 0.25) is 0 Å². The van der Waals surface area contributed by atoms with Crippen molar-refractivity contribution in [2.24, 2.45) is 5.92 Å². The van der Waals surface area contributed by atoms with E-state index in [1.165, 1.54) is 0 Å². The highest BCUT2D eigenvalue weighted by Gasteiger charge is 2.22. The molecule has 1 N–H and O–H groups in total. The molecule has 0 saturated heterocycles. The van der Waals surface area contributed by atoms with E-state index in [2.05, 4.69) is 13.8 Å². The van der Waals surface area contributed by atoms with E-state index in [4.69, 9.17) is 4.74 Å². The fourth-order valence-electron chi connectivity index (χ4n) is 1.75. The second-order valence-electron chi connectivity index (χ2n) is 3.62. The maximum absolute atomic E-state index is 9.94. The highest BCUT2D eigenvalue weighted by Crippen LogP contribution is 2.23. The Morgan fingerprint density at radius 2 is 2.15 bits per heavy atom. The first-order valence-corrected chi connectivity index (χ1v) is 5.30. The molecule has 0 amide bonds. The van der Waals surface area contributed by atoms with E-state index in [1.54, 1.807) is 0 Å². The first-order valence-electron chi connectivity index (χ1n) is 5.30. The summed E-state index contributed by atoms with van der Waals surface area (Å²) in [6, 6.07) is 0. The minimum absolute atomic E-state index is 0.351. The smallest absolute Gasteiger partial charge is 0.121 e. The summed E-state index contributed by atoms with van der Waals surface area (Å²) in [5.74, 6) is 1.16. The van der Waals surface area contributed by atoms with Crippen LogP contribution in [0.5, 0.6) is 0 Å². The van der Waals surface area contributed by atoms with Gasteiger partial charge in [0.05, 0.1) is 6.61 Å². The molecule has 0 aromatic carbocycles. The van der Waals surface area contributed by atoms with Crippen molar-refractivity contribution < 1.29 is 9.84 Å². The van der Waals surface area contributed by atoms with Gasteiger partial charge >= 0.3 is 0 Å². The monoisotopic (exact) mass is 184 g/mol. The Kier molecular flexibility index (Phi) is 4.29. The van der Waals surface area contributed by atoms with Gasteiger partial charge in [0.25, 0.3) is 0 Å². The average molecular weight is 184 g/mol. The predicted molar refractivity (Wildman–Crippen MR) is 53.3 cm³/mol. The van der Waals surface area contributed by atoms with Gasteiger partial charge in [-0.25, -0.2) is 0 Å². The molecular formula is C11H20O2. The summed E-state index contributed by atoms with van der Waals surface area (Å²) in [5, 5.41) is 9.94. The van der Waals surface area contributed by atoms with E-state index in [9.17, 15) is 5.11 Å². The Morgan fingerprint density at radius 3 is 2.62 bits per heavy atom. The molecule has 1 atom stereocenters. The molecule has 1 heterocycles. The quantitative estimate of drug-likeness (QED) is 0.727. The van der Waals surface area contributed by atoms with Crippen molar-refractivity contribution in [2.45, 2.75) is 45.6 Å². The summed E-state index contributed by atoms with van der Waals surface area (Å²) >= 11 is 0. The molecule has 0 aromatic rings. The first kappa shape index (κ1) is 10.6. The molecule has 0 radical (unpaired) electrons. The van der Waals surface area contributed by atoms with Crippen LogP contribution in [-0.4, -0.2) is 17.8 Å². The molecule has 0 spiro atoms. The summed E-state index contributed by atoms with van der Waals surface area (Å²) in [6.45, 7) is 4.99. The summed E-state index contributed by atoms with van der Waals surface area (Å²) < 4.78 is 5.44. The van der Waals surface area contributed by atoms with E-state index in [0.29, 0.717) is 5.92 Å². The van der Waals surface area contributed by atoms with Crippen molar-refractivity contribution in [3.05, 3.63) is 11.8 Å². The van der Waals surface area contributed by atoms with Gasteiger partial charge in [-0.05, 0) is 24.8 Å². The molecule has 0 aromatic heterocycles. The molecule has 2 nitrogen and oxygen atoms in total. The van der Waals surface area contributed by atoms with Crippen LogP contribution in [0.4, 0.5) is 0 Å². The molecule has 13 heavy (non-hydrogen) atoms. The third-order valence-corrected chi connectivity index (χ3v) is 2.75. The zero-order chi connectivity index (χ0) is 9.68. The van der Waals surface area contributed by atoms with Crippen LogP contribution in [0.15, 0.2) is 11.8 Å². The number of rotatable bonds is 4. The Hall–Kier alpha value is -0.500. The van der Waals surface area contributed by atoms with Gasteiger partial charge in [-0.1, -0.05) is 26.7 Å². The zero-order valence-corrected chi connectivity index (χ0v) is 8.62. The lowest BCUT2D eigenvalue weighted by Gasteiger charge is -2.25.